The number of phenols is 1. The summed E-state index contributed by atoms with van der Waals surface area (Å²) in [7, 11) is 7.36. The molecule has 0 spiro atoms. The number of hydrogen-bond acceptors (Lipinski definition) is 11. The van der Waals surface area contributed by atoms with Gasteiger partial charge in [0.2, 0.25) is 9.23 Å². The first-order chi connectivity index (χ1) is 37.8. The fourth-order valence-corrected chi connectivity index (χ4v) is 4.89. The molecule has 0 fully saturated rings. The van der Waals surface area contributed by atoms with Crippen molar-refractivity contribution >= 4 is 141 Å². The monoisotopic (exact) mass is 1200 g/mol. The van der Waals surface area contributed by atoms with E-state index in [9.17, 15) is 24.0 Å². The number of esters is 3. The first kappa shape index (κ1) is 82.7. The zero-order valence-electron chi connectivity index (χ0n) is 46.7. The number of aromatic hydroxyl groups is 1. The number of carboxylic acids is 1. The minimum atomic E-state index is -1.67. The van der Waals surface area contributed by atoms with Gasteiger partial charge in [0.05, 0.1) is 22.3 Å². The maximum atomic E-state index is 12.0. The Hall–Kier alpha value is -4.15. The summed E-state index contributed by atoms with van der Waals surface area (Å²) in [5.41, 5.74) is 4.03. The molecule has 0 heterocycles. The molecule has 0 aromatic heterocycles. The van der Waals surface area contributed by atoms with Gasteiger partial charge in [-0.25, -0.2) is 23.4 Å². The molecule has 2 N–H and O–H groups in total. The van der Waals surface area contributed by atoms with E-state index >= 15 is 0 Å². The van der Waals surface area contributed by atoms with E-state index in [0.717, 1.165) is 11.1 Å². The number of ether oxygens (including phenoxy) is 3. The summed E-state index contributed by atoms with van der Waals surface area (Å²) >= 11 is 7.66. The van der Waals surface area contributed by atoms with Crippen LogP contribution in [0.5, 0.6) is 11.5 Å². The van der Waals surface area contributed by atoms with E-state index in [1.807, 2.05) is 149 Å². The summed E-state index contributed by atoms with van der Waals surface area (Å²) in [6, 6.07) is 56.9. The summed E-state index contributed by atoms with van der Waals surface area (Å²) < 4.78 is 24.8. The molecule has 7 rings (SSSR count). The first-order valence-corrected chi connectivity index (χ1v) is 44.1. The van der Waals surface area contributed by atoms with E-state index in [2.05, 4.69) is 21.4 Å². The predicted octanol–water partition coefficient (Wildman–Crippen LogP) is 15.7. The van der Waals surface area contributed by atoms with Gasteiger partial charge in [-0.2, -0.15) is 0 Å². The summed E-state index contributed by atoms with van der Waals surface area (Å²) in [5.74, 6) is -1.65. The quantitative estimate of drug-likeness (QED) is 0.0572. The number of aromatic carboxylic acids is 1. The number of carboxylic acid groups (broad SMARTS) is 1. The van der Waals surface area contributed by atoms with Crippen molar-refractivity contribution in [1.82, 2.24) is 0 Å². The van der Waals surface area contributed by atoms with E-state index in [-0.39, 0.29) is 19.0 Å². The number of rotatable bonds is 10. The van der Waals surface area contributed by atoms with Crippen LogP contribution < -0.4 is 4.74 Å². The molecule has 0 atom stereocenters. The molecule has 7 aromatic rings. The van der Waals surface area contributed by atoms with E-state index in [0.29, 0.717) is 33.6 Å². The SMILES string of the molecule is C=O.CC.CC.CC.CC.CC.O=C(Cl)c1ccccc1.O=C(O)c1ccccc1.O=C(OCc1ccccc1)c1ccc(O)cc1.O=C(OCc1ccccc1)c1ccc(OC(=O)c2ccccc2)cc1.O=S(Cl)Cl.[K][K]. The maximum absolute atomic E-state index is 12.0. The molecular formula is C60H71Cl3K2O12S. The second kappa shape index (κ2) is 60.5. The summed E-state index contributed by atoms with van der Waals surface area (Å²) in [6.07, 6.45) is 0. The number of halogens is 3. The molecular weight excluding hydrogens is 1130 g/mol. The van der Waals surface area contributed by atoms with Crippen molar-refractivity contribution in [2.24, 2.45) is 0 Å². The van der Waals surface area contributed by atoms with Crippen molar-refractivity contribution in [3.05, 3.63) is 239 Å². The van der Waals surface area contributed by atoms with Crippen molar-refractivity contribution in [2.45, 2.75) is 82.5 Å². The van der Waals surface area contributed by atoms with Crippen LogP contribution in [0, 0.1) is 0 Å². The molecule has 12 nitrogen and oxygen atoms in total. The average Bonchev–Trinajstić information content (AvgIpc) is 3.51. The van der Waals surface area contributed by atoms with E-state index in [4.69, 9.17) is 45.0 Å². The third-order valence-corrected chi connectivity index (χ3v) is 8.08. The zero-order chi connectivity index (χ0) is 60.5. The second-order valence-electron chi connectivity index (χ2n) is 12.4. The average molecular weight is 1200 g/mol. The molecule has 0 bridgehead atoms. The third kappa shape index (κ3) is 44.7. The number of phenolic OH excluding ortho intramolecular Hbond substituents is 1. The molecule has 7 aromatic carbocycles. The Balaban J connectivity index is -0.000000292. The van der Waals surface area contributed by atoms with Gasteiger partial charge < -0.3 is 29.2 Å². The van der Waals surface area contributed by atoms with Crippen molar-refractivity contribution in [3.63, 3.8) is 0 Å². The first-order valence-electron chi connectivity index (χ1n) is 25.0. The summed E-state index contributed by atoms with van der Waals surface area (Å²) in [6.45, 7) is 22.5. The Morgan fingerprint density at radius 3 is 0.962 bits per heavy atom. The van der Waals surface area contributed by atoms with Gasteiger partial charge in [0, 0.05) is 26.9 Å². The minimum absolute atomic E-state index is 0.129. The Kier molecular flexibility index (Phi) is 64.1. The number of hydrogen-bond donors (Lipinski definition) is 2. The van der Waals surface area contributed by atoms with Gasteiger partial charge >= 0.3 is 87.0 Å². The van der Waals surface area contributed by atoms with Crippen molar-refractivity contribution in [3.8, 4) is 11.5 Å². The van der Waals surface area contributed by atoms with Gasteiger partial charge in [0.15, 0.2) is 0 Å². The van der Waals surface area contributed by atoms with Crippen molar-refractivity contribution < 1.29 is 57.4 Å². The summed E-state index contributed by atoms with van der Waals surface area (Å²) in [4.78, 5) is 64.3. The fourth-order valence-electron chi connectivity index (χ4n) is 4.76. The van der Waals surface area contributed by atoms with Gasteiger partial charge in [-0.1, -0.05) is 197 Å². The van der Waals surface area contributed by atoms with Gasteiger partial charge in [-0.3, -0.25) is 4.79 Å². The molecule has 78 heavy (non-hydrogen) atoms. The van der Waals surface area contributed by atoms with Crippen LogP contribution in [0.2, 0.25) is 0 Å². The predicted molar refractivity (Wildman–Crippen MR) is 322 cm³/mol. The van der Waals surface area contributed by atoms with Gasteiger partial charge in [0.25, 0.3) is 5.24 Å². The van der Waals surface area contributed by atoms with Crippen LogP contribution in [0.3, 0.4) is 0 Å². The van der Waals surface area contributed by atoms with Crippen LogP contribution in [0.1, 0.15) is 132 Å². The van der Waals surface area contributed by atoms with Crippen LogP contribution in [-0.2, 0) is 36.7 Å². The second-order valence-corrected chi connectivity index (χ2v) is 15.3. The molecule has 18 heteroatoms. The van der Waals surface area contributed by atoms with E-state index < -0.39 is 38.3 Å². The van der Waals surface area contributed by atoms with Crippen LogP contribution in [0.15, 0.2) is 200 Å². The van der Waals surface area contributed by atoms with E-state index in [1.165, 1.54) is 87.4 Å². The fraction of sp³-hybridized carbons (Fsp3) is 0.200. The number of carbonyl (C=O) groups is 6. The Bertz CT molecular complexity index is 2480. The molecule has 0 unspecified atom stereocenters. The Morgan fingerprint density at radius 2 is 0.692 bits per heavy atom. The Labute approximate surface area is 524 Å². The molecule has 0 saturated heterocycles. The molecule has 412 valence electrons. The molecule has 0 radical (unpaired) electrons. The van der Waals surface area contributed by atoms with Crippen molar-refractivity contribution in [2.75, 3.05) is 0 Å². The van der Waals surface area contributed by atoms with Crippen LogP contribution in [0.25, 0.3) is 0 Å². The number of carbonyl (C=O) groups excluding carboxylic acids is 5. The zero-order valence-corrected chi connectivity index (χ0v) is 56.0. The molecule has 0 amide bonds. The molecule has 0 aliphatic rings. The van der Waals surface area contributed by atoms with Gasteiger partial charge in [-0.05, 0) is 95.5 Å². The third-order valence-electron chi connectivity index (χ3n) is 7.86. The van der Waals surface area contributed by atoms with Crippen molar-refractivity contribution in [1.29, 1.82) is 0 Å². The van der Waals surface area contributed by atoms with Crippen LogP contribution in [-0.4, -0.2) is 113 Å². The molecule has 0 aliphatic carbocycles. The molecule has 0 saturated carbocycles. The summed E-state index contributed by atoms with van der Waals surface area (Å²) in [5, 5.41) is 17.1. The van der Waals surface area contributed by atoms with Gasteiger partial charge in [-0.15, -0.1) is 0 Å². The van der Waals surface area contributed by atoms with Gasteiger partial charge in [0.1, 0.15) is 31.5 Å². The number of benzene rings is 7. The topological polar surface area (TPSA) is 188 Å². The van der Waals surface area contributed by atoms with Crippen LogP contribution >= 0.6 is 33.0 Å². The molecule has 0 aliphatic heterocycles. The van der Waals surface area contributed by atoms with Crippen LogP contribution in [0.4, 0.5) is 0 Å². The van der Waals surface area contributed by atoms with E-state index in [1.54, 1.807) is 103 Å². The standard InChI is InChI=1S/C21H16O4.C14H12O3.C7H5ClO.C7H6O2.5C2H6.CH2O.Cl2OS.2K/c22-20(24-15-16-7-3-1-4-8-16)18-11-13-19(14-12-18)25-21(23)17-9-5-2-6-10-17;15-13-8-6-12(7-9-13)14(16)17-10-11-4-2-1-3-5-11;2*8-7(9)6-4-2-1-3-5-6;6*1-2;1-4(2)3;;/h1-14H,15H2;1-9,15H,10H2;1-5H;1-5H,(H,8,9);5*1-2H3;1H2;;;. The normalized spacial score (nSPS) is 8.44. The Morgan fingerprint density at radius 1 is 0.436 bits per heavy atom.